The van der Waals surface area contributed by atoms with Gasteiger partial charge in [-0.15, -0.1) is 0 Å². The van der Waals surface area contributed by atoms with Gasteiger partial charge in [0.25, 0.3) is 0 Å². The predicted molar refractivity (Wildman–Crippen MR) is 65.2 cm³/mol. The van der Waals surface area contributed by atoms with Crippen LogP contribution in [0.15, 0.2) is 6.33 Å². The van der Waals surface area contributed by atoms with Crippen molar-refractivity contribution in [1.82, 2.24) is 20.1 Å². The quantitative estimate of drug-likeness (QED) is 0.723. The molecule has 0 radical (unpaired) electrons. The number of amides is 1. The van der Waals surface area contributed by atoms with E-state index in [1.807, 2.05) is 20.9 Å². The third-order valence-electron chi connectivity index (χ3n) is 3.06. The number of carbonyl (C=O) groups excluding carboxylic acids is 1. The van der Waals surface area contributed by atoms with E-state index in [1.165, 1.54) is 0 Å². The summed E-state index contributed by atoms with van der Waals surface area (Å²) in [6.45, 7) is 4.74. The number of hydrogen-bond acceptors (Lipinski definition) is 4. The molecular weight excluding hydrogens is 218 g/mol. The first-order valence-electron chi connectivity index (χ1n) is 5.84. The van der Waals surface area contributed by atoms with Gasteiger partial charge in [-0.25, -0.2) is 4.98 Å². The fourth-order valence-electron chi connectivity index (χ4n) is 1.40. The number of nitrogens with two attached hydrogens (primary N) is 1. The Labute approximate surface area is 102 Å². The third-order valence-corrected chi connectivity index (χ3v) is 3.06. The molecule has 96 valence electrons. The minimum Gasteiger partial charge on any atom is -0.355 e. The molecule has 1 atom stereocenters. The molecular formula is C11H21N5O. The van der Waals surface area contributed by atoms with Crippen LogP contribution in [0, 0.1) is 5.41 Å². The van der Waals surface area contributed by atoms with E-state index >= 15 is 0 Å². The first-order chi connectivity index (χ1) is 8.01. The number of aromatic nitrogens is 3. The summed E-state index contributed by atoms with van der Waals surface area (Å²) < 4.78 is 1.65. The van der Waals surface area contributed by atoms with Crippen molar-refractivity contribution in [3.05, 3.63) is 12.2 Å². The molecule has 1 aromatic heterocycles. The molecule has 1 unspecified atom stereocenters. The molecule has 0 aliphatic carbocycles. The number of carbonyl (C=O) groups is 1. The van der Waals surface area contributed by atoms with Crippen LogP contribution in [-0.4, -0.2) is 33.8 Å². The van der Waals surface area contributed by atoms with Crippen LogP contribution in [0.25, 0.3) is 0 Å². The smallest absolute Gasteiger partial charge is 0.227 e. The molecule has 0 saturated carbocycles. The molecule has 1 rings (SSSR count). The molecule has 3 N–H and O–H groups in total. The van der Waals surface area contributed by atoms with E-state index in [9.17, 15) is 4.79 Å². The number of aryl methyl sites for hydroxylation is 1. The van der Waals surface area contributed by atoms with Gasteiger partial charge in [0.1, 0.15) is 6.33 Å². The first-order valence-corrected chi connectivity index (χ1v) is 5.84. The van der Waals surface area contributed by atoms with E-state index in [2.05, 4.69) is 15.4 Å². The van der Waals surface area contributed by atoms with E-state index < -0.39 is 5.41 Å². The van der Waals surface area contributed by atoms with Crippen LogP contribution in [0.1, 0.15) is 26.1 Å². The fraction of sp³-hybridized carbons (Fsp3) is 0.727. The van der Waals surface area contributed by atoms with Crippen molar-refractivity contribution in [1.29, 1.82) is 0 Å². The fourth-order valence-corrected chi connectivity index (χ4v) is 1.40. The minimum absolute atomic E-state index is 0.00145. The van der Waals surface area contributed by atoms with E-state index in [4.69, 9.17) is 5.73 Å². The molecule has 0 bridgehead atoms. The maximum atomic E-state index is 11.9. The number of hydrogen-bond donors (Lipinski definition) is 2. The Balaban J connectivity index is 2.38. The molecule has 0 aliphatic heterocycles. The molecule has 6 nitrogen and oxygen atoms in total. The average Bonchev–Trinajstić information content (AvgIpc) is 2.74. The molecule has 0 spiro atoms. The maximum absolute atomic E-state index is 11.9. The summed E-state index contributed by atoms with van der Waals surface area (Å²) in [4.78, 5) is 16.0. The van der Waals surface area contributed by atoms with Crippen LogP contribution >= 0.6 is 0 Å². The van der Waals surface area contributed by atoms with Gasteiger partial charge in [-0.2, -0.15) is 5.10 Å². The van der Waals surface area contributed by atoms with Gasteiger partial charge >= 0.3 is 0 Å². The Hall–Kier alpha value is -1.43. The van der Waals surface area contributed by atoms with Gasteiger partial charge in [-0.05, 0) is 13.3 Å². The number of nitrogens with zero attached hydrogens (tertiary/aromatic N) is 3. The number of rotatable bonds is 6. The standard InChI is InChI=1S/C11H21N5O/c1-4-11(2,7-12)10(17)13-6-5-9-14-8-16(3)15-9/h8H,4-7,12H2,1-3H3,(H,13,17). The highest BCUT2D eigenvalue weighted by Gasteiger charge is 2.29. The zero-order valence-electron chi connectivity index (χ0n) is 10.7. The first kappa shape index (κ1) is 13.6. The molecule has 0 aliphatic rings. The topological polar surface area (TPSA) is 85.8 Å². The van der Waals surface area contributed by atoms with Crippen LogP contribution in [-0.2, 0) is 18.3 Å². The summed E-state index contributed by atoms with van der Waals surface area (Å²) >= 11 is 0. The molecule has 1 heterocycles. The highest BCUT2D eigenvalue weighted by Crippen LogP contribution is 2.18. The van der Waals surface area contributed by atoms with Gasteiger partial charge in [0, 0.05) is 26.6 Å². The predicted octanol–water partition coefficient (Wildman–Crippen LogP) is -0.151. The second kappa shape index (κ2) is 5.77. The van der Waals surface area contributed by atoms with Gasteiger partial charge in [-0.3, -0.25) is 9.48 Å². The molecule has 1 aromatic rings. The van der Waals surface area contributed by atoms with Crippen LogP contribution in [0.4, 0.5) is 0 Å². The summed E-state index contributed by atoms with van der Waals surface area (Å²) in [6, 6.07) is 0. The molecule has 6 heteroatoms. The molecule has 17 heavy (non-hydrogen) atoms. The lowest BCUT2D eigenvalue weighted by molar-refractivity contribution is -0.129. The highest BCUT2D eigenvalue weighted by molar-refractivity contribution is 5.82. The summed E-state index contributed by atoms with van der Waals surface area (Å²) in [5, 5.41) is 7.01. The summed E-state index contributed by atoms with van der Waals surface area (Å²) in [5.74, 6) is 0.734. The van der Waals surface area contributed by atoms with Crippen LogP contribution < -0.4 is 11.1 Å². The zero-order valence-corrected chi connectivity index (χ0v) is 10.7. The second-order valence-corrected chi connectivity index (χ2v) is 4.46. The van der Waals surface area contributed by atoms with Crippen LogP contribution in [0.3, 0.4) is 0 Å². The van der Waals surface area contributed by atoms with Gasteiger partial charge in [0.2, 0.25) is 5.91 Å². The Kier molecular flexibility index (Phi) is 4.62. The Morgan fingerprint density at radius 3 is 2.82 bits per heavy atom. The molecule has 0 aromatic carbocycles. The lowest BCUT2D eigenvalue weighted by Gasteiger charge is -2.24. The van der Waals surface area contributed by atoms with Gasteiger partial charge < -0.3 is 11.1 Å². The Bertz CT molecular complexity index is 370. The summed E-state index contributed by atoms with van der Waals surface area (Å²) in [6.07, 6.45) is 3.02. The minimum atomic E-state index is -0.475. The van der Waals surface area contributed by atoms with Crippen molar-refractivity contribution in [3.8, 4) is 0 Å². The lowest BCUT2D eigenvalue weighted by Crippen LogP contribution is -2.44. The van der Waals surface area contributed by atoms with E-state index in [-0.39, 0.29) is 5.91 Å². The average molecular weight is 239 g/mol. The largest absolute Gasteiger partial charge is 0.355 e. The van der Waals surface area contributed by atoms with Crippen molar-refractivity contribution >= 4 is 5.91 Å². The monoisotopic (exact) mass is 239 g/mol. The molecule has 1 amide bonds. The van der Waals surface area contributed by atoms with Crippen molar-refractivity contribution < 1.29 is 4.79 Å². The summed E-state index contributed by atoms with van der Waals surface area (Å²) in [7, 11) is 1.82. The second-order valence-electron chi connectivity index (χ2n) is 4.46. The van der Waals surface area contributed by atoms with Crippen LogP contribution in [0.2, 0.25) is 0 Å². The van der Waals surface area contributed by atoms with Crippen LogP contribution in [0.5, 0.6) is 0 Å². The Morgan fingerprint density at radius 2 is 2.35 bits per heavy atom. The maximum Gasteiger partial charge on any atom is 0.227 e. The summed E-state index contributed by atoms with van der Waals surface area (Å²) in [5.41, 5.74) is 5.14. The van der Waals surface area contributed by atoms with E-state index in [1.54, 1.807) is 11.0 Å². The van der Waals surface area contributed by atoms with Crippen molar-refractivity contribution in [2.24, 2.45) is 18.2 Å². The van der Waals surface area contributed by atoms with Crippen molar-refractivity contribution in [2.75, 3.05) is 13.1 Å². The lowest BCUT2D eigenvalue weighted by atomic mass is 9.87. The zero-order chi connectivity index (χ0) is 12.9. The SMILES string of the molecule is CCC(C)(CN)C(=O)NCCc1ncn(C)n1. The van der Waals surface area contributed by atoms with Crippen molar-refractivity contribution in [3.63, 3.8) is 0 Å². The van der Waals surface area contributed by atoms with E-state index in [0.717, 1.165) is 12.2 Å². The van der Waals surface area contributed by atoms with Gasteiger partial charge in [-0.1, -0.05) is 6.92 Å². The molecule has 0 fully saturated rings. The normalized spacial score (nSPS) is 14.4. The highest BCUT2D eigenvalue weighted by atomic mass is 16.2. The van der Waals surface area contributed by atoms with E-state index in [0.29, 0.717) is 19.5 Å². The number of nitrogens with one attached hydrogen (secondary N) is 1. The van der Waals surface area contributed by atoms with Crippen molar-refractivity contribution in [2.45, 2.75) is 26.7 Å². The van der Waals surface area contributed by atoms with Gasteiger partial charge in [0.05, 0.1) is 5.41 Å². The Morgan fingerprint density at radius 1 is 1.65 bits per heavy atom. The third kappa shape index (κ3) is 3.52. The molecule has 0 saturated heterocycles. The van der Waals surface area contributed by atoms with Gasteiger partial charge in [0.15, 0.2) is 5.82 Å².